The van der Waals surface area contributed by atoms with Crippen LogP contribution in [0.3, 0.4) is 0 Å². The van der Waals surface area contributed by atoms with Crippen LogP contribution in [0, 0.1) is 0 Å². The summed E-state index contributed by atoms with van der Waals surface area (Å²) in [6, 6.07) is 55.7. The summed E-state index contributed by atoms with van der Waals surface area (Å²) in [5.74, 6) is 1.76. The van der Waals surface area contributed by atoms with E-state index in [1.54, 1.807) is 0 Å². The van der Waals surface area contributed by atoms with E-state index in [1.165, 1.54) is 22.2 Å². The summed E-state index contributed by atoms with van der Waals surface area (Å²) < 4.78 is 12.9. The molecule has 0 spiro atoms. The highest BCUT2D eigenvalue weighted by molar-refractivity contribution is 6.83. The minimum atomic E-state index is -0.0714. The summed E-state index contributed by atoms with van der Waals surface area (Å²) in [6.45, 7) is -0.0714. The predicted octanol–water partition coefficient (Wildman–Crippen LogP) is 10.1. The van der Waals surface area contributed by atoms with Crippen molar-refractivity contribution in [3.8, 4) is 11.1 Å². The van der Waals surface area contributed by atoms with Crippen LogP contribution in [-0.4, -0.2) is 21.1 Å². The van der Waals surface area contributed by atoms with Crippen LogP contribution < -0.4 is 24.9 Å². The maximum absolute atomic E-state index is 6.46. The summed E-state index contributed by atoms with van der Waals surface area (Å²) in [6.07, 6.45) is -0.0564. The number of anilines is 6. The molecule has 2 aromatic heterocycles. The SMILES string of the molecule is CN1B(c2cccc(-c3ccc(C4N(C)c5oc6ccccc6c5N4c4ccccc4)cc3)c2)N(c2ccccc2)c2c1oc1ccccc21. The summed E-state index contributed by atoms with van der Waals surface area (Å²) in [5.41, 5.74) is 11.0. The molecule has 240 valence electrons. The van der Waals surface area contributed by atoms with E-state index in [9.17, 15) is 0 Å². The molecular formula is C43H33BN4O2. The number of nitrogens with zero attached hydrogens (tertiary/aromatic N) is 4. The fourth-order valence-electron chi connectivity index (χ4n) is 7.98. The normalized spacial score (nSPS) is 15.4. The van der Waals surface area contributed by atoms with Crippen molar-refractivity contribution in [3.05, 3.63) is 163 Å². The van der Waals surface area contributed by atoms with Gasteiger partial charge in [-0.2, -0.15) is 0 Å². The number of benzene rings is 6. The van der Waals surface area contributed by atoms with Crippen LogP contribution in [0.4, 0.5) is 34.5 Å². The first-order valence-electron chi connectivity index (χ1n) is 17.0. The number of para-hydroxylation sites is 4. The molecule has 10 rings (SSSR count). The van der Waals surface area contributed by atoms with E-state index in [4.69, 9.17) is 8.83 Å². The van der Waals surface area contributed by atoms with Crippen molar-refractivity contribution in [2.45, 2.75) is 6.17 Å². The minimum Gasteiger partial charge on any atom is -0.439 e. The molecule has 0 bridgehead atoms. The molecule has 7 heteroatoms. The van der Waals surface area contributed by atoms with Crippen molar-refractivity contribution in [1.29, 1.82) is 0 Å². The number of hydrogen-bond acceptors (Lipinski definition) is 6. The Morgan fingerprint density at radius 1 is 0.520 bits per heavy atom. The quantitative estimate of drug-likeness (QED) is 0.173. The Bertz CT molecular complexity index is 2510. The smallest absolute Gasteiger partial charge is 0.418 e. The van der Waals surface area contributed by atoms with Gasteiger partial charge >= 0.3 is 6.98 Å². The summed E-state index contributed by atoms with van der Waals surface area (Å²) in [7, 11) is 4.25. The average molecular weight is 649 g/mol. The molecule has 0 saturated carbocycles. The van der Waals surface area contributed by atoms with Crippen LogP contribution in [0.15, 0.2) is 167 Å². The Morgan fingerprint density at radius 2 is 1.12 bits per heavy atom. The maximum Gasteiger partial charge on any atom is 0.418 e. The van der Waals surface area contributed by atoms with Crippen molar-refractivity contribution in [2.24, 2.45) is 0 Å². The first-order chi connectivity index (χ1) is 24.7. The molecular weight excluding hydrogens is 615 g/mol. The van der Waals surface area contributed by atoms with E-state index >= 15 is 0 Å². The van der Waals surface area contributed by atoms with Gasteiger partial charge in [0.25, 0.3) is 0 Å². The predicted molar refractivity (Wildman–Crippen MR) is 206 cm³/mol. The molecule has 0 N–H and O–H groups in total. The second-order valence-corrected chi connectivity index (χ2v) is 13.1. The van der Waals surface area contributed by atoms with Gasteiger partial charge < -0.3 is 28.3 Å². The molecule has 8 aromatic rings. The number of hydrogen-bond donors (Lipinski definition) is 0. The van der Waals surface area contributed by atoms with Gasteiger partial charge in [0.2, 0.25) is 11.8 Å². The van der Waals surface area contributed by atoms with Gasteiger partial charge in [-0.15, -0.1) is 0 Å². The fraction of sp³-hybridized carbons (Fsp3) is 0.0698. The van der Waals surface area contributed by atoms with Crippen LogP contribution in [0.2, 0.25) is 0 Å². The molecule has 6 aromatic carbocycles. The molecule has 4 heterocycles. The van der Waals surface area contributed by atoms with E-state index in [2.05, 4.69) is 167 Å². The van der Waals surface area contributed by atoms with Gasteiger partial charge in [0.05, 0.1) is 0 Å². The highest BCUT2D eigenvalue weighted by Gasteiger charge is 2.45. The summed E-state index contributed by atoms with van der Waals surface area (Å²) >= 11 is 0. The lowest BCUT2D eigenvalue weighted by atomic mass is 9.64. The van der Waals surface area contributed by atoms with Crippen LogP contribution in [-0.2, 0) is 0 Å². The Balaban J connectivity index is 1.02. The first-order valence-corrected chi connectivity index (χ1v) is 17.0. The average Bonchev–Trinajstić information content (AvgIpc) is 3.90. The number of fused-ring (bicyclic) bond motifs is 6. The monoisotopic (exact) mass is 648 g/mol. The maximum atomic E-state index is 6.46. The van der Waals surface area contributed by atoms with E-state index < -0.39 is 0 Å². The van der Waals surface area contributed by atoms with Gasteiger partial charge in [-0.3, -0.25) is 0 Å². The molecule has 0 amide bonds. The van der Waals surface area contributed by atoms with Gasteiger partial charge in [0.1, 0.15) is 28.7 Å². The third-order valence-corrected chi connectivity index (χ3v) is 10.2. The Morgan fingerprint density at radius 3 is 1.82 bits per heavy atom. The molecule has 0 aliphatic carbocycles. The van der Waals surface area contributed by atoms with Crippen LogP contribution >= 0.6 is 0 Å². The van der Waals surface area contributed by atoms with Crippen LogP contribution in [0.1, 0.15) is 11.7 Å². The second kappa shape index (κ2) is 11.1. The van der Waals surface area contributed by atoms with Gasteiger partial charge in [-0.1, -0.05) is 109 Å². The Kier molecular flexibility index (Phi) is 6.37. The number of furan rings is 2. The zero-order chi connectivity index (χ0) is 33.3. The van der Waals surface area contributed by atoms with Gasteiger partial charge in [0.15, 0.2) is 0 Å². The summed E-state index contributed by atoms with van der Waals surface area (Å²) in [5, 5.41) is 2.23. The molecule has 50 heavy (non-hydrogen) atoms. The van der Waals surface area contributed by atoms with Crippen molar-refractivity contribution in [2.75, 3.05) is 33.5 Å². The van der Waals surface area contributed by atoms with Gasteiger partial charge in [0, 0.05) is 29.2 Å². The summed E-state index contributed by atoms with van der Waals surface area (Å²) in [4.78, 5) is 9.31. The molecule has 1 atom stereocenters. The highest BCUT2D eigenvalue weighted by atomic mass is 16.4. The molecule has 0 saturated heterocycles. The Labute approximate surface area is 291 Å². The molecule has 6 nitrogen and oxygen atoms in total. The topological polar surface area (TPSA) is 39.2 Å². The van der Waals surface area contributed by atoms with Crippen LogP contribution in [0.5, 0.6) is 0 Å². The molecule has 0 fully saturated rings. The highest BCUT2D eigenvalue weighted by Crippen LogP contribution is 2.54. The van der Waals surface area contributed by atoms with Crippen molar-refractivity contribution < 1.29 is 8.83 Å². The van der Waals surface area contributed by atoms with E-state index in [0.29, 0.717) is 0 Å². The molecule has 0 radical (unpaired) electrons. The first kappa shape index (κ1) is 28.7. The zero-order valence-corrected chi connectivity index (χ0v) is 27.8. The van der Waals surface area contributed by atoms with Gasteiger partial charge in [-0.25, -0.2) is 0 Å². The standard InChI is InChI=1S/C43H33BN4O2/c1-45-41(47(33-16-5-3-6-17-33)39-35-20-9-11-22-37(35)49-42(39)45)30-26-24-29(25-27-30)31-14-13-15-32(28-31)44-46(2)43-40(36-21-10-12-23-38(36)50-43)48(44)34-18-7-4-8-19-34/h3-28,41H,1-2H3. The fourth-order valence-corrected chi connectivity index (χ4v) is 7.98. The molecule has 1 unspecified atom stereocenters. The number of rotatable bonds is 5. The lowest BCUT2D eigenvalue weighted by Gasteiger charge is -2.31. The van der Waals surface area contributed by atoms with Crippen molar-refractivity contribution in [3.63, 3.8) is 0 Å². The largest absolute Gasteiger partial charge is 0.439 e. The lowest BCUT2D eigenvalue weighted by Crippen LogP contribution is -2.53. The van der Waals surface area contributed by atoms with E-state index in [0.717, 1.165) is 56.5 Å². The second-order valence-electron chi connectivity index (χ2n) is 13.1. The van der Waals surface area contributed by atoms with Crippen molar-refractivity contribution in [1.82, 2.24) is 0 Å². The lowest BCUT2D eigenvalue weighted by molar-refractivity contribution is 0.585. The third-order valence-electron chi connectivity index (χ3n) is 10.2. The van der Waals surface area contributed by atoms with E-state index in [1.807, 2.05) is 24.3 Å². The molecule has 2 aliphatic heterocycles. The third kappa shape index (κ3) is 4.23. The zero-order valence-electron chi connectivity index (χ0n) is 27.8. The van der Waals surface area contributed by atoms with Crippen LogP contribution in [0.25, 0.3) is 33.1 Å². The Hall–Kier alpha value is -6.34. The minimum absolute atomic E-state index is 0.0564. The van der Waals surface area contributed by atoms with Crippen molar-refractivity contribution >= 4 is 68.9 Å². The van der Waals surface area contributed by atoms with E-state index in [-0.39, 0.29) is 13.1 Å². The van der Waals surface area contributed by atoms with Gasteiger partial charge in [-0.05, 0) is 77.7 Å². The molecule has 2 aliphatic rings.